The Kier molecular flexibility index (Phi) is 6.40. The number of nitrogens with zero attached hydrogens (tertiary/aromatic N) is 1. The highest BCUT2D eigenvalue weighted by Crippen LogP contribution is 2.19. The Bertz CT molecular complexity index is 551. The van der Waals surface area contributed by atoms with Gasteiger partial charge >= 0.3 is 6.09 Å². The highest BCUT2D eigenvalue weighted by atomic mass is 19.1. The second-order valence-corrected chi connectivity index (χ2v) is 5.37. The summed E-state index contributed by atoms with van der Waals surface area (Å²) in [5.74, 6) is 0.0991. The number of amides is 1. The van der Waals surface area contributed by atoms with E-state index in [0.29, 0.717) is 24.5 Å². The molecule has 1 N–H and O–H groups in total. The van der Waals surface area contributed by atoms with Crippen LogP contribution in [-0.4, -0.2) is 43.3 Å². The van der Waals surface area contributed by atoms with Crippen LogP contribution in [0.15, 0.2) is 30.9 Å². The first-order valence-electron chi connectivity index (χ1n) is 7.82. The molecule has 126 valence electrons. The predicted molar refractivity (Wildman–Crippen MR) is 85.9 cm³/mol. The summed E-state index contributed by atoms with van der Waals surface area (Å²) in [7, 11) is 0. The lowest BCUT2D eigenvalue weighted by Crippen LogP contribution is -2.53. The van der Waals surface area contributed by atoms with Crippen molar-refractivity contribution in [2.45, 2.75) is 26.0 Å². The zero-order valence-corrected chi connectivity index (χ0v) is 13.4. The molecule has 23 heavy (non-hydrogen) atoms. The maximum Gasteiger partial charge on any atom is 0.410 e. The lowest BCUT2D eigenvalue weighted by atomic mass is 10.1. The molecule has 0 aliphatic carbocycles. The number of piperazine rings is 1. The van der Waals surface area contributed by atoms with Gasteiger partial charge in [-0.25, -0.2) is 9.18 Å². The van der Waals surface area contributed by atoms with Crippen LogP contribution < -0.4 is 10.1 Å². The van der Waals surface area contributed by atoms with E-state index in [1.807, 2.05) is 6.92 Å². The topological polar surface area (TPSA) is 50.8 Å². The van der Waals surface area contributed by atoms with Crippen molar-refractivity contribution < 1.29 is 18.7 Å². The molecule has 1 atom stereocenters. The third kappa shape index (κ3) is 4.69. The standard InChI is InChI=1S/C17H23FN2O3/c1-3-9-22-15-5-6-16(18)13(10-15)12-23-17(21)20-8-7-19-11-14(20)4-2/h3,5-6,10,14,19H,1,4,7-9,11-12H2,2H3. The van der Waals surface area contributed by atoms with Gasteiger partial charge in [-0.2, -0.15) is 0 Å². The van der Waals surface area contributed by atoms with Gasteiger partial charge < -0.3 is 19.7 Å². The second-order valence-electron chi connectivity index (χ2n) is 5.37. The Morgan fingerprint density at radius 1 is 1.57 bits per heavy atom. The van der Waals surface area contributed by atoms with Crippen LogP contribution in [0.1, 0.15) is 18.9 Å². The summed E-state index contributed by atoms with van der Waals surface area (Å²) >= 11 is 0. The molecule has 0 bridgehead atoms. The van der Waals surface area contributed by atoms with E-state index in [4.69, 9.17) is 9.47 Å². The molecule has 0 aromatic heterocycles. The van der Waals surface area contributed by atoms with Gasteiger partial charge in [-0.15, -0.1) is 0 Å². The summed E-state index contributed by atoms with van der Waals surface area (Å²) in [6.45, 7) is 7.91. The van der Waals surface area contributed by atoms with E-state index in [1.54, 1.807) is 17.0 Å². The van der Waals surface area contributed by atoms with Crippen molar-refractivity contribution in [3.63, 3.8) is 0 Å². The Morgan fingerprint density at radius 3 is 3.13 bits per heavy atom. The number of benzene rings is 1. The zero-order chi connectivity index (χ0) is 16.7. The number of ether oxygens (including phenoxy) is 2. The monoisotopic (exact) mass is 322 g/mol. The molecule has 1 unspecified atom stereocenters. The summed E-state index contributed by atoms with van der Waals surface area (Å²) in [5.41, 5.74) is 0.295. The van der Waals surface area contributed by atoms with E-state index in [2.05, 4.69) is 11.9 Å². The third-order valence-electron chi connectivity index (χ3n) is 3.79. The van der Waals surface area contributed by atoms with E-state index in [0.717, 1.165) is 19.5 Å². The van der Waals surface area contributed by atoms with E-state index in [1.165, 1.54) is 12.1 Å². The average Bonchev–Trinajstić information content (AvgIpc) is 2.59. The van der Waals surface area contributed by atoms with Gasteiger partial charge in [0, 0.05) is 31.2 Å². The fraction of sp³-hybridized carbons (Fsp3) is 0.471. The van der Waals surface area contributed by atoms with Gasteiger partial charge in [0.2, 0.25) is 0 Å². The number of hydrogen-bond acceptors (Lipinski definition) is 4. The van der Waals surface area contributed by atoms with Gasteiger partial charge in [0.25, 0.3) is 0 Å². The van der Waals surface area contributed by atoms with Crippen molar-refractivity contribution in [2.75, 3.05) is 26.2 Å². The zero-order valence-electron chi connectivity index (χ0n) is 13.4. The first kappa shape index (κ1) is 17.3. The van der Waals surface area contributed by atoms with Crippen molar-refractivity contribution in [3.8, 4) is 5.75 Å². The Hall–Kier alpha value is -2.08. The summed E-state index contributed by atoms with van der Waals surface area (Å²) in [6.07, 6.45) is 2.05. The van der Waals surface area contributed by atoms with E-state index < -0.39 is 11.9 Å². The minimum atomic E-state index is -0.420. The fourth-order valence-electron chi connectivity index (χ4n) is 2.50. The molecule has 5 nitrogen and oxygen atoms in total. The molecule has 1 heterocycles. The van der Waals surface area contributed by atoms with Crippen LogP contribution >= 0.6 is 0 Å². The van der Waals surface area contributed by atoms with E-state index in [-0.39, 0.29) is 12.6 Å². The highest BCUT2D eigenvalue weighted by molar-refractivity contribution is 5.68. The average molecular weight is 322 g/mol. The van der Waals surface area contributed by atoms with Crippen molar-refractivity contribution in [1.29, 1.82) is 0 Å². The molecule has 1 aromatic rings. The number of hydrogen-bond donors (Lipinski definition) is 1. The van der Waals surface area contributed by atoms with Crippen molar-refractivity contribution in [1.82, 2.24) is 10.2 Å². The molecule has 1 aliphatic rings. The van der Waals surface area contributed by atoms with Gasteiger partial charge in [0.1, 0.15) is 24.8 Å². The Labute approximate surface area is 136 Å². The van der Waals surface area contributed by atoms with Crippen LogP contribution in [-0.2, 0) is 11.3 Å². The third-order valence-corrected chi connectivity index (χ3v) is 3.79. The van der Waals surface area contributed by atoms with E-state index in [9.17, 15) is 9.18 Å². The molecule has 0 radical (unpaired) electrons. The van der Waals surface area contributed by atoms with Crippen LogP contribution in [0, 0.1) is 5.82 Å². The molecule has 6 heteroatoms. The second kappa shape index (κ2) is 8.53. The van der Waals surface area contributed by atoms with Crippen molar-refractivity contribution in [3.05, 3.63) is 42.2 Å². The van der Waals surface area contributed by atoms with Crippen molar-refractivity contribution in [2.24, 2.45) is 0 Å². The predicted octanol–water partition coefficient (Wildman–Crippen LogP) is 2.71. The molecule has 2 rings (SSSR count). The Morgan fingerprint density at radius 2 is 2.39 bits per heavy atom. The number of rotatable bonds is 6. The molecule has 1 aliphatic heterocycles. The lowest BCUT2D eigenvalue weighted by Gasteiger charge is -2.34. The number of carbonyl (C=O) groups is 1. The van der Waals surface area contributed by atoms with Crippen LogP contribution in [0.2, 0.25) is 0 Å². The minimum absolute atomic E-state index is 0.114. The van der Waals surface area contributed by atoms with Crippen LogP contribution in [0.25, 0.3) is 0 Å². The maximum atomic E-state index is 13.8. The fourth-order valence-corrected chi connectivity index (χ4v) is 2.50. The number of halogens is 1. The largest absolute Gasteiger partial charge is 0.490 e. The molecule has 0 saturated carbocycles. The maximum absolute atomic E-state index is 13.8. The van der Waals surface area contributed by atoms with Gasteiger partial charge in [0.05, 0.1) is 0 Å². The summed E-state index contributed by atoms with van der Waals surface area (Å²) in [6, 6.07) is 4.50. The molecular weight excluding hydrogens is 299 g/mol. The molecule has 1 fully saturated rings. The highest BCUT2D eigenvalue weighted by Gasteiger charge is 2.26. The van der Waals surface area contributed by atoms with Crippen LogP contribution in [0.3, 0.4) is 0 Å². The van der Waals surface area contributed by atoms with E-state index >= 15 is 0 Å². The first-order valence-corrected chi connectivity index (χ1v) is 7.82. The Balaban J connectivity index is 1.96. The van der Waals surface area contributed by atoms with Crippen molar-refractivity contribution >= 4 is 6.09 Å². The van der Waals surface area contributed by atoms with Gasteiger partial charge in [-0.05, 0) is 24.6 Å². The molecule has 0 spiro atoms. The number of carbonyl (C=O) groups excluding carboxylic acids is 1. The smallest absolute Gasteiger partial charge is 0.410 e. The molecule has 1 aromatic carbocycles. The molecule has 1 amide bonds. The van der Waals surface area contributed by atoms with Gasteiger partial charge in [0.15, 0.2) is 0 Å². The SMILES string of the molecule is C=CCOc1ccc(F)c(COC(=O)N2CCNCC2CC)c1. The van der Waals surface area contributed by atoms with Gasteiger partial charge in [-0.1, -0.05) is 19.6 Å². The molecular formula is C17H23FN2O3. The summed E-state index contributed by atoms with van der Waals surface area (Å²) < 4.78 is 24.5. The number of nitrogens with one attached hydrogen (secondary N) is 1. The lowest BCUT2D eigenvalue weighted by molar-refractivity contribution is 0.0706. The molecule has 1 saturated heterocycles. The normalized spacial score (nSPS) is 17.7. The summed E-state index contributed by atoms with van der Waals surface area (Å²) in [4.78, 5) is 13.9. The van der Waals surface area contributed by atoms with Gasteiger partial charge in [-0.3, -0.25) is 0 Å². The summed E-state index contributed by atoms with van der Waals surface area (Å²) in [5, 5.41) is 3.25. The van der Waals surface area contributed by atoms with Crippen LogP contribution in [0.4, 0.5) is 9.18 Å². The minimum Gasteiger partial charge on any atom is -0.490 e. The van der Waals surface area contributed by atoms with Crippen LogP contribution in [0.5, 0.6) is 5.75 Å². The quantitative estimate of drug-likeness (QED) is 0.818. The first-order chi connectivity index (χ1) is 11.2.